The SMILES string of the molecule is COC1CC(CC(=O)O)N(C(=O)CCc2ccccc2C)C1. The monoisotopic (exact) mass is 305 g/mol. The minimum Gasteiger partial charge on any atom is -0.481 e. The first-order chi connectivity index (χ1) is 10.5. The second kappa shape index (κ2) is 7.40. The summed E-state index contributed by atoms with van der Waals surface area (Å²) in [7, 11) is 1.60. The van der Waals surface area contributed by atoms with Crippen LogP contribution in [0.3, 0.4) is 0 Å². The van der Waals surface area contributed by atoms with Gasteiger partial charge in [-0.3, -0.25) is 9.59 Å². The molecular formula is C17H23NO4. The molecule has 1 aromatic carbocycles. The largest absolute Gasteiger partial charge is 0.481 e. The van der Waals surface area contributed by atoms with Gasteiger partial charge in [-0.05, 0) is 30.9 Å². The first-order valence-corrected chi connectivity index (χ1v) is 7.59. The molecular weight excluding hydrogens is 282 g/mol. The van der Waals surface area contributed by atoms with E-state index in [0.29, 0.717) is 25.8 Å². The summed E-state index contributed by atoms with van der Waals surface area (Å²) in [6.07, 6.45) is 1.60. The van der Waals surface area contributed by atoms with Gasteiger partial charge < -0.3 is 14.7 Å². The number of ether oxygens (including phenoxy) is 1. The Hall–Kier alpha value is -1.88. The van der Waals surface area contributed by atoms with Crippen molar-refractivity contribution in [3.63, 3.8) is 0 Å². The highest BCUT2D eigenvalue weighted by molar-refractivity contribution is 5.78. The van der Waals surface area contributed by atoms with E-state index >= 15 is 0 Å². The van der Waals surface area contributed by atoms with E-state index in [1.165, 1.54) is 5.56 Å². The van der Waals surface area contributed by atoms with Crippen molar-refractivity contribution in [3.05, 3.63) is 35.4 Å². The molecule has 120 valence electrons. The van der Waals surface area contributed by atoms with Gasteiger partial charge in [-0.2, -0.15) is 0 Å². The van der Waals surface area contributed by atoms with Crippen molar-refractivity contribution < 1.29 is 19.4 Å². The second-order valence-corrected chi connectivity index (χ2v) is 5.82. The van der Waals surface area contributed by atoms with Gasteiger partial charge in [0.05, 0.1) is 12.5 Å². The van der Waals surface area contributed by atoms with Crippen LogP contribution < -0.4 is 0 Å². The normalized spacial score (nSPS) is 21.1. The maximum atomic E-state index is 12.5. The minimum atomic E-state index is -0.876. The number of methoxy groups -OCH3 is 1. The molecule has 0 bridgehead atoms. The molecule has 1 saturated heterocycles. The summed E-state index contributed by atoms with van der Waals surface area (Å²) >= 11 is 0. The maximum absolute atomic E-state index is 12.5. The molecule has 1 fully saturated rings. The number of carboxylic acids is 1. The molecule has 0 saturated carbocycles. The van der Waals surface area contributed by atoms with Crippen LogP contribution in [0.2, 0.25) is 0 Å². The number of carbonyl (C=O) groups excluding carboxylic acids is 1. The van der Waals surface area contributed by atoms with E-state index in [2.05, 4.69) is 0 Å². The predicted molar refractivity (Wildman–Crippen MR) is 82.7 cm³/mol. The van der Waals surface area contributed by atoms with Gasteiger partial charge in [-0.1, -0.05) is 24.3 Å². The topological polar surface area (TPSA) is 66.8 Å². The fourth-order valence-corrected chi connectivity index (χ4v) is 3.02. The number of carbonyl (C=O) groups is 2. The Morgan fingerprint density at radius 2 is 2.09 bits per heavy atom. The molecule has 1 aliphatic rings. The van der Waals surface area contributed by atoms with Crippen LogP contribution >= 0.6 is 0 Å². The smallest absolute Gasteiger partial charge is 0.305 e. The number of hydrogen-bond acceptors (Lipinski definition) is 3. The Kier molecular flexibility index (Phi) is 5.55. The van der Waals surface area contributed by atoms with Gasteiger partial charge in [0.2, 0.25) is 5.91 Å². The van der Waals surface area contributed by atoms with E-state index in [-0.39, 0.29) is 24.5 Å². The molecule has 1 heterocycles. The third-order valence-corrected chi connectivity index (χ3v) is 4.31. The number of rotatable bonds is 6. The summed E-state index contributed by atoms with van der Waals surface area (Å²) < 4.78 is 5.30. The van der Waals surface area contributed by atoms with Crippen LogP contribution in [0, 0.1) is 6.92 Å². The molecule has 2 rings (SSSR count). The van der Waals surface area contributed by atoms with Crippen molar-refractivity contribution >= 4 is 11.9 Å². The Labute approximate surface area is 130 Å². The molecule has 1 aromatic rings. The Balaban J connectivity index is 1.97. The van der Waals surface area contributed by atoms with Gasteiger partial charge in [0.1, 0.15) is 0 Å². The quantitative estimate of drug-likeness (QED) is 0.873. The summed E-state index contributed by atoms with van der Waals surface area (Å²) in [6, 6.07) is 7.75. The molecule has 22 heavy (non-hydrogen) atoms. The Morgan fingerprint density at radius 3 is 2.73 bits per heavy atom. The summed E-state index contributed by atoms with van der Waals surface area (Å²) in [5.41, 5.74) is 2.33. The molecule has 2 atom stereocenters. The lowest BCUT2D eigenvalue weighted by Crippen LogP contribution is -2.37. The average molecular weight is 305 g/mol. The van der Waals surface area contributed by atoms with E-state index in [1.54, 1.807) is 12.0 Å². The standard InChI is InChI=1S/C17H23NO4/c1-12-5-3-4-6-13(12)7-8-16(19)18-11-15(22-2)9-14(18)10-17(20)21/h3-6,14-15H,7-11H2,1-2H3,(H,20,21). The zero-order valence-electron chi connectivity index (χ0n) is 13.1. The van der Waals surface area contributed by atoms with E-state index in [4.69, 9.17) is 9.84 Å². The lowest BCUT2D eigenvalue weighted by molar-refractivity contribution is -0.139. The summed E-state index contributed by atoms with van der Waals surface area (Å²) in [6.45, 7) is 2.52. The van der Waals surface area contributed by atoms with Crippen LogP contribution in [-0.2, 0) is 20.7 Å². The highest BCUT2D eigenvalue weighted by Gasteiger charge is 2.36. The predicted octanol–water partition coefficient (Wildman–Crippen LogP) is 2.02. The molecule has 2 unspecified atom stereocenters. The fraction of sp³-hybridized carbons (Fsp3) is 0.529. The van der Waals surface area contributed by atoms with Crippen molar-refractivity contribution in [1.82, 2.24) is 4.90 Å². The van der Waals surface area contributed by atoms with Crippen molar-refractivity contribution in [1.29, 1.82) is 0 Å². The lowest BCUT2D eigenvalue weighted by Gasteiger charge is -2.23. The van der Waals surface area contributed by atoms with Crippen molar-refractivity contribution in [2.75, 3.05) is 13.7 Å². The first-order valence-electron chi connectivity index (χ1n) is 7.59. The van der Waals surface area contributed by atoms with Gasteiger partial charge in [0, 0.05) is 26.1 Å². The van der Waals surface area contributed by atoms with Crippen molar-refractivity contribution in [2.24, 2.45) is 0 Å². The molecule has 0 aliphatic carbocycles. The van der Waals surface area contributed by atoms with E-state index in [1.807, 2.05) is 31.2 Å². The van der Waals surface area contributed by atoms with Crippen molar-refractivity contribution in [3.8, 4) is 0 Å². The molecule has 0 radical (unpaired) electrons. The van der Waals surface area contributed by atoms with Crippen LogP contribution in [0.5, 0.6) is 0 Å². The number of likely N-dealkylation sites (tertiary alicyclic amines) is 1. The van der Waals surface area contributed by atoms with Gasteiger partial charge >= 0.3 is 5.97 Å². The Bertz CT molecular complexity index is 543. The zero-order valence-corrected chi connectivity index (χ0v) is 13.1. The van der Waals surface area contributed by atoms with Crippen LogP contribution in [-0.4, -0.2) is 47.7 Å². The molecule has 5 heteroatoms. The highest BCUT2D eigenvalue weighted by atomic mass is 16.5. The molecule has 1 amide bonds. The lowest BCUT2D eigenvalue weighted by atomic mass is 10.0. The number of amides is 1. The molecule has 1 N–H and O–H groups in total. The Morgan fingerprint density at radius 1 is 1.36 bits per heavy atom. The van der Waals surface area contributed by atoms with E-state index < -0.39 is 5.97 Å². The number of benzene rings is 1. The zero-order chi connectivity index (χ0) is 16.1. The van der Waals surface area contributed by atoms with Crippen LogP contribution in [0.4, 0.5) is 0 Å². The number of aryl methyl sites for hydroxylation is 2. The molecule has 5 nitrogen and oxygen atoms in total. The molecule has 0 spiro atoms. The van der Waals surface area contributed by atoms with E-state index in [0.717, 1.165) is 5.56 Å². The molecule has 0 aromatic heterocycles. The fourth-order valence-electron chi connectivity index (χ4n) is 3.02. The average Bonchev–Trinajstić information content (AvgIpc) is 2.88. The number of carboxylic acid groups (broad SMARTS) is 1. The van der Waals surface area contributed by atoms with E-state index in [9.17, 15) is 9.59 Å². The van der Waals surface area contributed by atoms with Crippen LogP contribution in [0.25, 0.3) is 0 Å². The number of nitrogens with zero attached hydrogens (tertiary/aromatic N) is 1. The molecule has 1 aliphatic heterocycles. The second-order valence-electron chi connectivity index (χ2n) is 5.82. The number of aliphatic carboxylic acids is 1. The third kappa shape index (κ3) is 4.07. The van der Waals surface area contributed by atoms with Gasteiger partial charge in [-0.25, -0.2) is 0 Å². The van der Waals surface area contributed by atoms with Gasteiger partial charge in [0.15, 0.2) is 0 Å². The highest BCUT2D eigenvalue weighted by Crippen LogP contribution is 2.24. The summed E-state index contributed by atoms with van der Waals surface area (Å²) in [5.74, 6) is -0.868. The van der Waals surface area contributed by atoms with Gasteiger partial charge in [-0.15, -0.1) is 0 Å². The minimum absolute atomic E-state index is 0.00838. The summed E-state index contributed by atoms with van der Waals surface area (Å²) in [4.78, 5) is 25.1. The number of hydrogen-bond donors (Lipinski definition) is 1. The third-order valence-electron chi connectivity index (χ3n) is 4.31. The van der Waals surface area contributed by atoms with Crippen molar-refractivity contribution in [2.45, 2.75) is 44.8 Å². The van der Waals surface area contributed by atoms with Crippen LogP contribution in [0.15, 0.2) is 24.3 Å². The van der Waals surface area contributed by atoms with Gasteiger partial charge in [0.25, 0.3) is 0 Å². The first kappa shape index (κ1) is 16.5. The summed E-state index contributed by atoms with van der Waals surface area (Å²) in [5, 5.41) is 9.00. The van der Waals surface area contributed by atoms with Crippen LogP contribution in [0.1, 0.15) is 30.4 Å². The maximum Gasteiger partial charge on any atom is 0.305 e.